The largest absolute Gasteiger partial charge is 0.508 e. The van der Waals surface area contributed by atoms with Crippen LogP contribution in [0.4, 0.5) is 19.3 Å². The third kappa shape index (κ3) is 26.5. The number of fused-ring (bicyclic) bond motifs is 1. The van der Waals surface area contributed by atoms with Gasteiger partial charge in [0.15, 0.2) is 5.96 Å². The molecule has 34 heteroatoms. The lowest BCUT2D eigenvalue weighted by Crippen LogP contribution is -2.62. The molecule has 3 heterocycles. The highest BCUT2D eigenvalue weighted by Crippen LogP contribution is 2.35. The first kappa shape index (κ1) is 76.4. The van der Waals surface area contributed by atoms with Gasteiger partial charge in [-0.2, -0.15) is 4.99 Å². The quantitative estimate of drug-likeness (QED) is 0.0177. The smallest absolute Gasteiger partial charge is 0.344 e. The van der Waals surface area contributed by atoms with Crippen LogP contribution >= 0.6 is 0 Å². The van der Waals surface area contributed by atoms with E-state index in [1.54, 1.807) is 56.9 Å². The highest BCUT2D eigenvalue weighted by molar-refractivity contribution is 5.99. The van der Waals surface area contributed by atoms with Crippen LogP contribution in [0.25, 0.3) is 0 Å². The van der Waals surface area contributed by atoms with Crippen molar-refractivity contribution in [2.45, 2.75) is 95.7 Å². The number of carbonyl (C=O) groups is 11. The number of phenols is 1. The number of anilines is 1. The fraction of sp³-hybridized carbons (Fsp3) is 0.524. The Labute approximate surface area is 559 Å². The Morgan fingerprint density at radius 1 is 0.608 bits per heavy atom. The lowest BCUT2D eigenvalue weighted by Gasteiger charge is -2.32. The summed E-state index contributed by atoms with van der Waals surface area (Å²) >= 11 is 0. The van der Waals surface area contributed by atoms with Gasteiger partial charge < -0.3 is 79.3 Å². The molecule has 3 aromatic rings. The van der Waals surface area contributed by atoms with Crippen molar-refractivity contribution in [1.29, 1.82) is 0 Å². The number of amides is 9. The highest BCUT2D eigenvalue weighted by Gasteiger charge is 2.37. The molecule has 0 saturated carbocycles. The number of hydrogen-bond acceptors (Lipinski definition) is 18. The zero-order valence-corrected chi connectivity index (χ0v) is 54.2. The first-order chi connectivity index (χ1) is 46.4. The fourth-order valence-electron chi connectivity index (χ4n) is 11.1. The number of benzene rings is 3. The molecule has 97 heavy (non-hydrogen) atoms. The summed E-state index contributed by atoms with van der Waals surface area (Å²) in [4.78, 5) is 152. The molecule has 2 fully saturated rings. The minimum Gasteiger partial charge on any atom is -0.508 e. The summed E-state index contributed by atoms with van der Waals surface area (Å²) in [5.41, 5.74) is 8.59. The van der Waals surface area contributed by atoms with Crippen LogP contribution in [0.1, 0.15) is 80.2 Å². The van der Waals surface area contributed by atoms with E-state index in [1.165, 1.54) is 0 Å². The third-order valence-corrected chi connectivity index (χ3v) is 16.2. The Bertz CT molecular complexity index is 3210. The number of carbonyl (C=O) groups excluding carboxylic acids is 8. The zero-order valence-electron chi connectivity index (χ0n) is 54.2. The molecule has 16 N–H and O–H groups in total. The minimum atomic E-state index is -1.26. The number of carboxylic acids is 3. The van der Waals surface area contributed by atoms with Gasteiger partial charge in [0.05, 0.1) is 32.6 Å². The van der Waals surface area contributed by atoms with Gasteiger partial charge in [0.25, 0.3) is 0 Å². The number of aromatic hydroxyl groups is 1. The monoisotopic (exact) mass is 1360 g/mol. The summed E-state index contributed by atoms with van der Waals surface area (Å²) < 4.78 is 29.5. The van der Waals surface area contributed by atoms with Crippen molar-refractivity contribution < 1.29 is 81.9 Å². The van der Waals surface area contributed by atoms with Crippen molar-refractivity contribution in [2.75, 3.05) is 123 Å². The van der Waals surface area contributed by atoms with E-state index in [9.17, 15) is 81.9 Å². The molecule has 0 unspecified atom stereocenters. The van der Waals surface area contributed by atoms with E-state index in [-0.39, 0.29) is 168 Å². The lowest BCUT2D eigenvalue weighted by molar-refractivity contribution is -0.140. The average Bonchev–Trinajstić information content (AvgIpc) is 1.65. The van der Waals surface area contributed by atoms with E-state index in [4.69, 9.17) is 5.73 Å². The van der Waals surface area contributed by atoms with Gasteiger partial charge in [-0.25, -0.2) is 13.6 Å². The van der Waals surface area contributed by atoms with Crippen LogP contribution in [-0.2, 0) is 67.6 Å². The number of piperazine rings is 1. The van der Waals surface area contributed by atoms with E-state index in [1.807, 2.05) is 23.1 Å². The van der Waals surface area contributed by atoms with Gasteiger partial charge in [-0.05, 0) is 54.9 Å². The number of guanidine groups is 1. The normalized spacial score (nSPS) is 17.5. The Morgan fingerprint density at radius 3 is 1.76 bits per heavy atom. The first-order valence-corrected chi connectivity index (χ1v) is 32.1. The number of nitrogens with one attached hydrogen (secondary N) is 10. The maximum atomic E-state index is 14.8. The molecule has 3 aliphatic heterocycles. The molecule has 0 bridgehead atoms. The molecule has 0 radical (unpaired) electrons. The number of urea groups is 1. The Hall–Kier alpha value is -9.64. The molecule has 0 spiro atoms. The molecular weight excluding hydrogens is 1270 g/mol. The van der Waals surface area contributed by atoms with Crippen molar-refractivity contribution in [2.24, 2.45) is 10.7 Å². The molecule has 6 rings (SSSR count). The average molecular weight is 1360 g/mol. The Balaban J connectivity index is 0.955. The first-order valence-electron chi connectivity index (χ1n) is 32.1. The molecule has 4 atom stereocenters. The molecule has 3 aromatic carbocycles. The topological polar surface area (TPSA) is 444 Å². The van der Waals surface area contributed by atoms with Crippen LogP contribution in [0, 0.1) is 11.6 Å². The van der Waals surface area contributed by atoms with Crippen molar-refractivity contribution in [3.8, 4) is 5.75 Å². The zero-order chi connectivity index (χ0) is 70.4. The van der Waals surface area contributed by atoms with Crippen molar-refractivity contribution >= 4 is 76.9 Å². The lowest BCUT2D eigenvalue weighted by atomic mass is 10.0. The molecule has 32 nitrogen and oxygen atoms in total. The predicted molar refractivity (Wildman–Crippen MR) is 348 cm³/mol. The number of rotatable bonds is 34. The maximum Gasteiger partial charge on any atom is 0.344 e. The van der Waals surface area contributed by atoms with E-state index >= 15 is 0 Å². The SMILES string of the molecule is CCC(=O)NCCNC(=O)/N=C(/N)NCCC[C@@H](NC(=O)[C@H](c1ccccc1)N1Cc2cccc(NCCCNC(=O)C[C@H]3NC(=O)[C@@H](CCCNC(=O)CN4CCN(CC(=O)O)CCN(CC(=O)O)CCN(CC(=O)O)CC4)NC3=O)c2C1)C(=O)NCc1c(F)cc(O)cc1F. The van der Waals surface area contributed by atoms with Gasteiger partial charge in [-0.1, -0.05) is 49.4 Å². The van der Waals surface area contributed by atoms with E-state index in [0.29, 0.717) is 43.6 Å². The van der Waals surface area contributed by atoms with E-state index in [2.05, 4.69) is 58.2 Å². The summed E-state index contributed by atoms with van der Waals surface area (Å²) in [5.74, 6) is -9.73. The summed E-state index contributed by atoms with van der Waals surface area (Å²) in [7, 11) is 0. The highest BCUT2D eigenvalue weighted by atomic mass is 19.1. The van der Waals surface area contributed by atoms with Crippen molar-refractivity contribution in [3.05, 3.63) is 94.6 Å². The molecule has 2 saturated heterocycles. The van der Waals surface area contributed by atoms with Crippen LogP contribution in [0.15, 0.2) is 65.7 Å². The number of nitrogens with zero attached hydrogens (tertiary/aromatic N) is 6. The predicted octanol–water partition coefficient (Wildman–Crippen LogP) is -1.89. The molecule has 9 amide bonds. The van der Waals surface area contributed by atoms with Gasteiger partial charge in [0, 0.05) is 141 Å². The standard InChI is InChI=1S/C63H89F2N17O15/c1-2-51(84)70-20-21-72-63(97)77-62(66)71-17-8-14-48(58(93)73-33-43-45(64)30-42(83)31-46(43)65)75-61(96)57(40-10-4-3-5-11-40)82-34-41-12-6-13-47(44(41)35-82)67-18-9-19-68-52(85)32-50-60(95)74-49(59(94)76-50)15-7-16-69-53(86)36-78-22-24-79(37-54(87)88)26-28-81(39-56(91)92)29-27-80(25-23-78)38-55(89)90/h3-6,10-13,30-31,48-50,57,67,83H,2,7-9,14-29,32-39H2,1H3,(H,68,85)(H,69,86)(H,70,84)(H,73,93)(H,74,95)(H,75,96)(H,76,94)(H,87,88)(H,89,90)(H,91,92)(H4,66,71,72,77,97)/t48-,49-,50-,57+/m1/s1. The number of halogens is 2. The number of carboxylic acid groups (broad SMARTS) is 3. The van der Waals surface area contributed by atoms with Crippen molar-refractivity contribution in [3.63, 3.8) is 0 Å². The molecular formula is C63H89F2N17O15. The van der Waals surface area contributed by atoms with Gasteiger partial charge in [0.1, 0.15) is 41.6 Å². The summed E-state index contributed by atoms with van der Waals surface area (Å²) in [5, 5.41) is 65.7. The Kier molecular flexibility index (Phi) is 31.0. The summed E-state index contributed by atoms with van der Waals surface area (Å²) in [6.45, 7) is 3.64. The number of phenolic OH excluding ortho intramolecular Hbond substituents is 1. The summed E-state index contributed by atoms with van der Waals surface area (Å²) in [6, 6.07) is 10.9. The number of nitrogens with two attached hydrogens (primary N) is 1. The third-order valence-electron chi connectivity index (χ3n) is 16.2. The minimum absolute atomic E-state index is 0.0202. The van der Waals surface area contributed by atoms with Crippen LogP contribution in [-0.4, -0.2) is 252 Å². The van der Waals surface area contributed by atoms with Crippen LogP contribution < -0.4 is 58.9 Å². The number of aliphatic imine (C=N–C) groups is 1. The van der Waals surface area contributed by atoms with Crippen LogP contribution in [0.3, 0.4) is 0 Å². The summed E-state index contributed by atoms with van der Waals surface area (Å²) in [6.07, 6.45) is 1.01. The van der Waals surface area contributed by atoms with Gasteiger partial charge >= 0.3 is 23.9 Å². The van der Waals surface area contributed by atoms with Gasteiger partial charge in [0.2, 0.25) is 41.4 Å². The van der Waals surface area contributed by atoms with E-state index in [0.717, 1.165) is 16.8 Å². The molecule has 530 valence electrons. The van der Waals surface area contributed by atoms with Gasteiger partial charge in [-0.15, -0.1) is 0 Å². The molecule has 0 aliphatic carbocycles. The number of hydrogen-bond donors (Lipinski definition) is 15. The second-order valence-corrected chi connectivity index (χ2v) is 23.6. The Morgan fingerprint density at radius 2 is 1.15 bits per heavy atom. The van der Waals surface area contributed by atoms with Crippen LogP contribution in [0.5, 0.6) is 5.75 Å². The number of aliphatic carboxylic acids is 3. The molecule has 0 aromatic heterocycles. The molecule has 3 aliphatic rings. The van der Waals surface area contributed by atoms with Gasteiger partial charge in [-0.3, -0.25) is 72.4 Å². The van der Waals surface area contributed by atoms with Crippen LogP contribution in [0.2, 0.25) is 0 Å². The van der Waals surface area contributed by atoms with E-state index < -0.39 is 107 Å². The second-order valence-electron chi connectivity index (χ2n) is 23.6. The fourth-order valence-corrected chi connectivity index (χ4v) is 11.1. The second kappa shape index (κ2) is 39.4. The maximum absolute atomic E-state index is 14.8. The van der Waals surface area contributed by atoms with Crippen molar-refractivity contribution in [1.82, 2.24) is 72.4 Å².